The van der Waals surface area contributed by atoms with Crippen molar-refractivity contribution in [1.82, 2.24) is 4.98 Å². The second kappa shape index (κ2) is 6.45. The highest BCUT2D eigenvalue weighted by atomic mass is 35.5. The van der Waals surface area contributed by atoms with Gasteiger partial charge in [0.15, 0.2) is 6.61 Å². The first kappa shape index (κ1) is 15.3. The molecule has 4 nitrogen and oxygen atoms in total. The van der Waals surface area contributed by atoms with Crippen molar-refractivity contribution in [2.45, 2.75) is 19.1 Å². The summed E-state index contributed by atoms with van der Waals surface area (Å²) in [6.45, 7) is 3.47. The number of pyridine rings is 1. The van der Waals surface area contributed by atoms with Gasteiger partial charge in [-0.15, -0.1) is 0 Å². The van der Waals surface area contributed by atoms with Gasteiger partial charge in [0.2, 0.25) is 16.9 Å². The first-order chi connectivity index (χ1) is 8.32. The normalized spacial score (nSPS) is 10.8. The van der Waals surface area contributed by atoms with Crippen LogP contribution in [-0.2, 0) is 4.79 Å². The Hall–Kier alpha value is -0.720. The number of ether oxygens (including phenoxy) is 1. The number of aromatic nitrogens is 1. The molecule has 0 bridgehead atoms. The number of halogens is 3. The van der Waals surface area contributed by atoms with Gasteiger partial charge in [-0.3, -0.25) is 4.79 Å². The Kier molecular flexibility index (Phi) is 5.49. The highest BCUT2D eigenvalue weighted by Crippen LogP contribution is 2.35. The van der Waals surface area contributed by atoms with Crippen molar-refractivity contribution in [3.63, 3.8) is 0 Å². The molecule has 8 heteroatoms. The molecule has 0 aliphatic rings. The van der Waals surface area contributed by atoms with Gasteiger partial charge in [-0.25, -0.2) is 0 Å². The van der Waals surface area contributed by atoms with Gasteiger partial charge >= 0.3 is 0 Å². The van der Waals surface area contributed by atoms with Gasteiger partial charge in [0, 0.05) is 5.25 Å². The molecule has 0 amide bonds. The van der Waals surface area contributed by atoms with Gasteiger partial charge in [0.1, 0.15) is 10.0 Å². The summed E-state index contributed by atoms with van der Waals surface area (Å²) in [6, 6.07) is 0. The number of carbonyl (C=O) groups is 1. The minimum absolute atomic E-state index is 0.108. The number of rotatable bonds is 4. The van der Waals surface area contributed by atoms with Crippen molar-refractivity contribution in [2.24, 2.45) is 0 Å². The predicted molar refractivity (Wildman–Crippen MR) is 71.9 cm³/mol. The maximum atomic E-state index is 13.2. The van der Waals surface area contributed by atoms with Crippen molar-refractivity contribution < 1.29 is 13.9 Å². The maximum absolute atomic E-state index is 13.2. The lowest BCUT2D eigenvalue weighted by molar-refractivity contribution is -0.112. The van der Waals surface area contributed by atoms with E-state index in [1.165, 1.54) is 0 Å². The Labute approximate surface area is 118 Å². The molecule has 0 atom stereocenters. The molecule has 0 aliphatic carbocycles. The summed E-state index contributed by atoms with van der Waals surface area (Å²) >= 11 is 12.4. The molecule has 0 saturated carbocycles. The molecule has 0 saturated heterocycles. The third kappa shape index (κ3) is 3.90. The van der Waals surface area contributed by atoms with E-state index >= 15 is 0 Å². The van der Waals surface area contributed by atoms with Crippen LogP contribution in [0.3, 0.4) is 0 Å². The van der Waals surface area contributed by atoms with E-state index in [1.807, 2.05) is 13.8 Å². The lowest BCUT2D eigenvalue weighted by Gasteiger charge is -2.09. The van der Waals surface area contributed by atoms with E-state index in [1.54, 1.807) is 0 Å². The summed E-state index contributed by atoms with van der Waals surface area (Å²) in [5.41, 5.74) is 5.29. The van der Waals surface area contributed by atoms with Crippen LogP contribution in [0.2, 0.25) is 10.0 Å². The number of anilines is 1. The lowest BCUT2D eigenvalue weighted by Crippen LogP contribution is -2.12. The Morgan fingerprint density at radius 2 is 2.11 bits per heavy atom. The summed E-state index contributed by atoms with van der Waals surface area (Å²) in [6.07, 6.45) is 0. The highest BCUT2D eigenvalue weighted by Gasteiger charge is 2.17. The standard InChI is InChI=1S/C10H11Cl2FN2O2S/c1-4(2)18-5(16)3-17-10-7(12)8(14)6(11)9(13)15-10/h4H,3H2,1-2H3,(H2,14,15). The molecule has 2 N–H and O–H groups in total. The Bertz CT molecular complexity index is 472. The zero-order valence-electron chi connectivity index (χ0n) is 9.67. The fourth-order valence-corrected chi connectivity index (χ4v) is 2.06. The molecule has 1 aromatic heterocycles. The molecule has 0 unspecified atom stereocenters. The number of hydrogen-bond donors (Lipinski definition) is 1. The first-order valence-corrected chi connectivity index (χ1v) is 6.58. The topological polar surface area (TPSA) is 65.2 Å². The zero-order chi connectivity index (χ0) is 13.9. The second-order valence-electron chi connectivity index (χ2n) is 3.58. The number of nitrogens with zero attached hydrogens (tertiary/aromatic N) is 1. The van der Waals surface area contributed by atoms with Crippen LogP contribution >= 0.6 is 35.0 Å². The minimum Gasteiger partial charge on any atom is -0.467 e. The van der Waals surface area contributed by atoms with Crippen LogP contribution in [0.4, 0.5) is 10.1 Å². The summed E-state index contributed by atoms with van der Waals surface area (Å²) in [5.74, 6) is -1.23. The highest BCUT2D eigenvalue weighted by molar-refractivity contribution is 8.14. The van der Waals surface area contributed by atoms with E-state index in [-0.39, 0.29) is 38.6 Å². The quantitative estimate of drug-likeness (QED) is 0.865. The predicted octanol–water partition coefficient (Wildman–Crippen LogP) is 3.16. The third-order valence-corrected chi connectivity index (χ3v) is 3.31. The molecular formula is C10H11Cl2FN2O2S. The van der Waals surface area contributed by atoms with Crippen LogP contribution in [-0.4, -0.2) is 22.0 Å². The third-order valence-electron chi connectivity index (χ3n) is 1.74. The van der Waals surface area contributed by atoms with E-state index in [9.17, 15) is 9.18 Å². The number of carbonyl (C=O) groups excluding carboxylic acids is 1. The fraction of sp³-hybridized carbons (Fsp3) is 0.400. The van der Waals surface area contributed by atoms with E-state index in [2.05, 4.69) is 4.98 Å². The van der Waals surface area contributed by atoms with Crippen molar-refractivity contribution in [3.05, 3.63) is 16.0 Å². The molecule has 0 radical (unpaired) electrons. The largest absolute Gasteiger partial charge is 0.467 e. The molecule has 0 fully saturated rings. The van der Waals surface area contributed by atoms with Crippen molar-refractivity contribution in [2.75, 3.05) is 12.3 Å². The maximum Gasteiger partial charge on any atom is 0.238 e. The second-order valence-corrected chi connectivity index (χ2v) is 5.97. The van der Waals surface area contributed by atoms with Gasteiger partial charge in [0.25, 0.3) is 0 Å². The van der Waals surface area contributed by atoms with E-state index in [0.717, 1.165) is 11.8 Å². The van der Waals surface area contributed by atoms with E-state index in [0.29, 0.717) is 0 Å². The van der Waals surface area contributed by atoms with Gasteiger partial charge in [-0.2, -0.15) is 9.37 Å². The summed E-state index contributed by atoms with van der Waals surface area (Å²) in [4.78, 5) is 14.8. The molecule has 18 heavy (non-hydrogen) atoms. The zero-order valence-corrected chi connectivity index (χ0v) is 12.0. The van der Waals surface area contributed by atoms with E-state index < -0.39 is 5.95 Å². The van der Waals surface area contributed by atoms with Gasteiger partial charge in [-0.1, -0.05) is 48.8 Å². The van der Waals surface area contributed by atoms with Crippen LogP contribution in [0.15, 0.2) is 0 Å². The Balaban J connectivity index is 2.77. The van der Waals surface area contributed by atoms with Crippen LogP contribution in [0, 0.1) is 5.95 Å². The Morgan fingerprint density at radius 1 is 1.50 bits per heavy atom. The molecular weight excluding hydrogens is 302 g/mol. The van der Waals surface area contributed by atoms with Crippen LogP contribution < -0.4 is 10.5 Å². The van der Waals surface area contributed by atoms with Gasteiger partial charge < -0.3 is 10.5 Å². The number of nitrogens with two attached hydrogens (primary N) is 1. The Morgan fingerprint density at radius 3 is 2.67 bits per heavy atom. The van der Waals surface area contributed by atoms with Gasteiger partial charge in [0.05, 0.1) is 5.69 Å². The molecule has 1 rings (SSSR count). The monoisotopic (exact) mass is 312 g/mol. The molecule has 0 spiro atoms. The minimum atomic E-state index is -0.988. The average Bonchev–Trinajstić information content (AvgIpc) is 2.28. The van der Waals surface area contributed by atoms with Crippen molar-refractivity contribution >= 4 is 45.8 Å². The van der Waals surface area contributed by atoms with Crippen LogP contribution in [0.25, 0.3) is 0 Å². The SMILES string of the molecule is CC(C)SC(=O)COc1nc(F)c(Cl)c(N)c1Cl. The number of thioether (sulfide) groups is 1. The number of nitrogen functional groups attached to an aromatic ring is 1. The average molecular weight is 313 g/mol. The summed E-state index contributed by atoms with van der Waals surface area (Å²) in [7, 11) is 0. The fourth-order valence-electron chi connectivity index (χ4n) is 1.03. The molecule has 1 heterocycles. The molecule has 1 aromatic rings. The first-order valence-electron chi connectivity index (χ1n) is 4.95. The van der Waals surface area contributed by atoms with Crippen LogP contribution in [0.5, 0.6) is 5.88 Å². The van der Waals surface area contributed by atoms with Crippen molar-refractivity contribution in [3.8, 4) is 5.88 Å². The number of hydrogen-bond acceptors (Lipinski definition) is 5. The van der Waals surface area contributed by atoms with Gasteiger partial charge in [-0.05, 0) is 0 Å². The van der Waals surface area contributed by atoms with Crippen molar-refractivity contribution in [1.29, 1.82) is 0 Å². The molecule has 100 valence electrons. The summed E-state index contributed by atoms with van der Waals surface area (Å²) in [5, 5.41) is -0.549. The lowest BCUT2D eigenvalue weighted by atomic mass is 10.4. The molecule has 0 aromatic carbocycles. The smallest absolute Gasteiger partial charge is 0.238 e. The summed E-state index contributed by atoms with van der Waals surface area (Å²) < 4.78 is 18.2. The van der Waals surface area contributed by atoms with Crippen LogP contribution in [0.1, 0.15) is 13.8 Å². The van der Waals surface area contributed by atoms with E-state index in [4.69, 9.17) is 33.7 Å². The molecule has 0 aliphatic heterocycles.